The van der Waals surface area contributed by atoms with Crippen molar-refractivity contribution in [3.63, 3.8) is 0 Å². The molecular weight excluding hydrogens is 298 g/mol. The van der Waals surface area contributed by atoms with Crippen LogP contribution in [-0.4, -0.2) is 29.7 Å². The zero-order chi connectivity index (χ0) is 17.4. The van der Waals surface area contributed by atoms with Crippen LogP contribution >= 0.6 is 0 Å². The van der Waals surface area contributed by atoms with E-state index >= 15 is 0 Å². The van der Waals surface area contributed by atoms with Crippen LogP contribution in [0, 0.1) is 0 Å². The van der Waals surface area contributed by atoms with Crippen LogP contribution in [0.4, 0.5) is 0 Å². The van der Waals surface area contributed by atoms with Crippen LogP contribution in [-0.2, 0) is 4.79 Å². The van der Waals surface area contributed by atoms with Crippen molar-refractivity contribution in [1.29, 1.82) is 0 Å². The molecule has 0 aliphatic carbocycles. The fourth-order valence-corrected chi connectivity index (χ4v) is 3.47. The molecule has 1 amide bonds. The van der Waals surface area contributed by atoms with Gasteiger partial charge in [0.05, 0.1) is 0 Å². The van der Waals surface area contributed by atoms with Crippen molar-refractivity contribution in [3.05, 3.63) is 35.4 Å². The number of ketones is 1. The third kappa shape index (κ3) is 5.19. The molecule has 132 valence electrons. The highest BCUT2D eigenvalue weighted by molar-refractivity contribution is 5.95. The summed E-state index contributed by atoms with van der Waals surface area (Å²) in [5.74, 6) is 1.04. The molecule has 0 N–H and O–H groups in total. The van der Waals surface area contributed by atoms with Crippen molar-refractivity contribution >= 4 is 11.7 Å². The molecule has 0 radical (unpaired) electrons. The molecule has 1 aliphatic heterocycles. The van der Waals surface area contributed by atoms with Gasteiger partial charge in [-0.2, -0.15) is 0 Å². The minimum absolute atomic E-state index is 0.199. The van der Waals surface area contributed by atoms with Crippen LogP contribution in [0.5, 0.6) is 0 Å². The quantitative estimate of drug-likeness (QED) is 0.499. The van der Waals surface area contributed by atoms with E-state index in [4.69, 9.17) is 0 Å². The Morgan fingerprint density at radius 2 is 1.67 bits per heavy atom. The van der Waals surface area contributed by atoms with E-state index in [1.807, 2.05) is 24.0 Å². The van der Waals surface area contributed by atoms with Gasteiger partial charge in [-0.05, 0) is 30.7 Å². The van der Waals surface area contributed by atoms with E-state index in [2.05, 4.69) is 19.1 Å². The van der Waals surface area contributed by atoms with Crippen molar-refractivity contribution in [2.45, 2.75) is 71.1 Å². The number of hydrogen-bond acceptors (Lipinski definition) is 2. The topological polar surface area (TPSA) is 37.4 Å². The highest BCUT2D eigenvalue weighted by Crippen LogP contribution is 2.28. The van der Waals surface area contributed by atoms with Crippen molar-refractivity contribution in [3.8, 4) is 0 Å². The first-order valence-corrected chi connectivity index (χ1v) is 9.56. The fourth-order valence-electron chi connectivity index (χ4n) is 3.47. The Bertz CT molecular complexity index is 527. The molecule has 1 fully saturated rings. The molecule has 1 aromatic rings. The average Bonchev–Trinajstić information content (AvgIpc) is 2.64. The lowest BCUT2D eigenvalue weighted by atomic mass is 9.88. The summed E-state index contributed by atoms with van der Waals surface area (Å²) in [7, 11) is 0. The van der Waals surface area contributed by atoms with Gasteiger partial charge in [0, 0.05) is 31.5 Å². The molecule has 1 aliphatic rings. The van der Waals surface area contributed by atoms with Gasteiger partial charge in [0.1, 0.15) is 0 Å². The number of carbonyl (C=O) groups is 2. The second kappa shape index (κ2) is 9.61. The van der Waals surface area contributed by atoms with E-state index in [1.165, 1.54) is 24.8 Å². The van der Waals surface area contributed by atoms with Crippen LogP contribution in [0.25, 0.3) is 0 Å². The Morgan fingerprint density at radius 3 is 2.25 bits per heavy atom. The summed E-state index contributed by atoms with van der Waals surface area (Å²) in [6.07, 6.45) is 7.95. The first kappa shape index (κ1) is 18.7. The SMILES string of the molecule is CCCCCCC(=O)N1CCC(c2ccc(C(=O)CC)cc2)CC1. The molecule has 1 saturated heterocycles. The molecule has 0 spiro atoms. The molecule has 0 unspecified atom stereocenters. The van der Waals surface area contributed by atoms with Gasteiger partial charge in [0.15, 0.2) is 5.78 Å². The Hall–Kier alpha value is -1.64. The van der Waals surface area contributed by atoms with Crippen LogP contribution in [0.15, 0.2) is 24.3 Å². The smallest absolute Gasteiger partial charge is 0.222 e. The maximum Gasteiger partial charge on any atom is 0.222 e. The second-order valence-corrected chi connectivity index (χ2v) is 6.86. The average molecular weight is 329 g/mol. The Kier molecular flexibility index (Phi) is 7.48. The minimum atomic E-state index is 0.199. The first-order valence-electron chi connectivity index (χ1n) is 9.56. The summed E-state index contributed by atoms with van der Waals surface area (Å²) in [6.45, 7) is 5.82. The normalized spacial score (nSPS) is 15.5. The maximum atomic E-state index is 12.2. The first-order chi connectivity index (χ1) is 11.7. The maximum absolute atomic E-state index is 12.2. The Morgan fingerprint density at radius 1 is 1.00 bits per heavy atom. The number of hydrogen-bond donors (Lipinski definition) is 0. The highest BCUT2D eigenvalue weighted by atomic mass is 16.2. The monoisotopic (exact) mass is 329 g/mol. The molecule has 1 heterocycles. The highest BCUT2D eigenvalue weighted by Gasteiger charge is 2.23. The number of carbonyl (C=O) groups excluding carboxylic acids is 2. The van der Waals surface area contributed by atoms with E-state index in [1.54, 1.807) is 0 Å². The summed E-state index contributed by atoms with van der Waals surface area (Å²) in [5.41, 5.74) is 2.11. The van der Waals surface area contributed by atoms with Gasteiger partial charge in [0.2, 0.25) is 5.91 Å². The van der Waals surface area contributed by atoms with Crippen LogP contribution in [0.3, 0.4) is 0 Å². The van der Waals surface area contributed by atoms with Crippen molar-refractivity contribution < 1.29 is 9.59 Å². The van der Waals surface area contributed by atoms with E-state index < -0.39 is 0 Å². The van der Waals surface area contributed by atoms with Crippen LogP contribution < -0.4 is 0 Å². The number of likely N-dealkylation sites (tertiary alicyclic amines) is 1. The summed E-state index contributed by atoms with van der Waals surface area (Å²) < 4.78 is 0. The number of amides is 1. The summed E-state index contributed by atoms with van der Waals surface area (Å²) >= 11 is 0. The zero-order valence-corrected chi connectivity index (χ0v) is 15.2. The standard InChI is InChI=1S/C21H31NO2/c1-3-5-6-7-8-21(24)22-15-13-18(14-16-22)17-9-11-19(12-10-17)20(23)4-2/h9-12,18H,3-8,13-16H2,1-2H3. The minimum Gasteiger partial charge on any atom is -0.343 e. The lowest BCUT2D eigenvalue weighted by molar-refractivity contribution is -0.132. The largest absolute Gasteiger partial charge is 0.343 e. The third-order valence-electron chi connectivity index (χ3n) is 5.12. The predicted octanol–water partition coefficient (Wildman–Crippen LogP) is 4.96. The van der Waals surface area contributed by atoms with Gasteiger partial charge >= 0.3 is 0 Å². The summed E-state index contributed by atoms with van der Waals surface area (Å²) in [5, 5.41) is 0. The molecule has 1 aromatic carbocycles. The van der Waals surface area contributed by atoms with Gasteiger partial charge in [-0.3, -0.25) is 9.59 Å². The molecule has 3 heteroatoms. The lowest BCUT2D eigenvalue weighted by Gasteiger charge is -2.32. The second-order valence-electron chi connectivity index (χ2n) is 6.86. The molecule has 0 atom stereocenters. The summed E-state index contributed by atoms with van der Waals surface area (Å²) in [6, 6.07) is 8.09. The number of piperidine rings is 1. The van der Waals surface area contributed by atoms with Crippen LogP contribution in [0.1, 0.15) is 87.1 Å². The summed E-state index contributed by atoms with van der Waals surface area (Å²) in [4.78, 5) is 26.0. The molecule has 0 saturated carbocycles. The number of rotatable bonds is 8. The van der Waals surface area contributed by atoms with Gasteiger partial charge < -0.3 is 4.90 Å². The molecule has 0 aromatic heterocycles. The molecule has 2 rings (SSSR count). The molecular formula is C21H31NO2. The van der Waals surface area contributed by atoms with Crippen LogP contribution in [0.2, 0.25) is 0 Å². The predicted molar refractivity (Wildman–Crippen MR) is 98.4 cm³/mol. The molecule has 3 nitrogen and oxygen atoms in total. The Balaban J connectivity index is 1.79. The van der Waals surface area contributed by atoms with Crippen molar-refractivity contribution in [2.24, 2.45) is 0 Å². The lowest BCUT2D eigenvalue weighted by Crippen LogP contribution is -2.37. The van der Waals surface area contributed by atoms with E-state index in [0.717, 1.165) is 37.9 Å². The van der Waals surface area contributed by atoms with Gasteiger partial charge in [-0.1, -0.05) is 57.4 Å². The number of benzene rings is 1. The van der Waals surface area contributed by atoms with Gasteiger partial charge in [0.25, 0.3) is 0 Å². The van der Waals surface area contributed by atoms with E-state index in [9.17, 15) is 9.59 Å². The van der Waals surface area contributed by atoms with E-state index in [-0.39, 0.29) is 5.78 Å². The third-order valence-corrected chi connectivity index (χ3v) is 5.12. The van der Waals surface area contributed by atoms with Gasteiger partial charge in [-0.25, -0.2) is 0 Å². The number of nitrogens with zero attached hydrogens (tertiary/aromatic N) is 1. The number of unbranched alkanes of at least 4 members (excludes halogenated alkanes) is 3. The number of Topliss-reactive ketones (excluding diaryl/α,β-unsaturated/α-hetero) is 1. The molecule has 24 heavy (non-hydrogen) atoms. The molecule has 0 bridgehead atoms. The fraction of sp³-hybridized carbons (Fsp3) is 0.619. The van der Waals surface area contributed by atoms with Gasteiger partial charge in [-0.15, -0.1) is 0 Å². The van der Waals surface area contributed by atoms with E-state index in [0.29, 0.717) is 24.7 Å². The Labute approximate surface area is 146 Å². The zero-order valence-electron chi connectivity index (χ0n) is 15.2. The van der Waals surface area contributed by atoms with Crippen molar-refractivity contribution in [1.82, 2.24) is 4.90 Å². The van der Waals surface area contributed by atoms with Crippen molar-refractivity contribution in [2.75, 3.05) is 13.1 Å².